The van der Waals surface area contributed by atoms with Crippen LogP contribution in [0.2, 0.25) is 5.02 Å². The Morgan fingerprint density at radius 3 is 2.35 bits per heavy atom. The van der Waals surface area contributed by atoms with E-state index in [0.717, 1.165) is 17.1 Å². The Morgan fingerprint density at radius 2 is 1.77 bits per heavy atom. The van der Waals surface area contributed by atoms with Crippen molar-refractivity contribution in [3.05, 3.63) is 64.7 Å². The van der Waals surface area contributed by atoms with Crippen molar-refractivity contribution in [2.45, 2.75) is 43.3 Å². The number of hydrogen-bond acceptors (Lipinski definition) is 3. The van der Waals surface area contributed by atoms with Crippen LogP contribution >= 0.6 is 11.6 Å². The van der Waals surface area contributed by atoms with Crippen LogP contribution in [0.3, 0.4) is 0 Å². The van der Waals surface area contributed by atoms with Crippen LogP contribution in [0.4, 0.5) is 0 Å². The van der Waals surface area contributed by atoms with Crippen molar-refractivity contribution in [3.8, 4) is 0 Å². The number of rotatable bonds is 7. The summed E-state index contributed by atoms with van der Waals surface area (Å²) >= 11 is 6.01. The first-order chi connectivity index (χ1) is 12.3. The summed E-state index contributed by atoms with van der Waals surface area (Å²) < 4.78 is 26.1. The standard InChI is InChI=1S/C20H25ClN2O2S/c1-15(17-7-9-18(21)10-8-17)23(19-11-12-19)14-16-5-4-6-20(13-16)26(24,25)22(2)3/h4-10,13,15,19H,11-12,14H2,1-3H3. The molecule has 1 atom stereocenters. The Balaban J connectivity index is 1.84. The smallest absolute Gasteiger partial charge is 0.242 e. The van der Waals surface area contributed by atoms with E-state index in [-0.39, 0.29) is 6.04 Å². The highest BCUT2D eigenvalue weighted by Gasteiger charge is 2.33. The molecule has 3 rings (SSSR count). The van der Waals surface area contributed by atoms with Gasteiger partial charge in [0.15, 0.2) is 0 Å². The minimum absolute atomic E-state index is 0.244. The topological polar surface area (TPSA) is 40.6 Å². The third-order valence-corrected chi connectivity index (χ3v) is 6.97. The number of nitrogens with zero attached hydrogens (tertiary/aromatic N) is 2. The van der Waals surface area contributed by atoms with E-state index in [2.05, 4.69) is 24.0 Å². The van der Waals surface area contributed by atoms with E-state index >= 15 is 0 Å². The summed E-state index contributed by atoms with van der Waals surface area (Å²) in [5.74, 6) is 0. The van der Waals surface area contributed by atoms with Gasteiger partial charge in [-0.25, -0.2) is 12.7 Å². The summed E-state index contributed by atoms with van der Waals surface area (Å²) in [6.07, 6.45) is 2.38. The summed E-state index contributed by atoms with van der Waals surface area (Å²) in [6.45, 7) is 2.92. The number of hydrogen-bond donors (Lipinski definition) is 0. The Hall–Kier alpha value is -1.40. The van der Waals surface area contributed by atoms with Gasteiger partial charge in [-0.05, 0) is 55.2 Å². The molecule has 0 radical (unpaired) electrons. The predicted octanol–water partition coefficient (Wildman–Crippen LogP) is 4.32. The fraction of sp³-hybridized carbons (Fsp3) is 0.400. The molecule has 1 fully saturated rings. The summed E-state index contributed by atoms with van der Waals surface area (Å²) in [4.78, 5) is 2.79. The Kier molecular flexibility index (Phi) is 5.72. The van der Waals surface area contributed by atoms with Crippen molar-refractivity contribution in [1.82, 2.24) is 9.21 Å². The average molecular weight is 393 g/mol. The van der Waals surface area contributed by atoms with Crippen molar-refractivity contribution >= 4 is 21.6 Å². The lowest BCUT2D eigenvalue weighted by molar-refractivity contribution is 0.190. The first-order valence-electron chi connectivity index (χ1n) is 8.81. The quantitative estimate of drug-likeness (QED) is 0.704. The maximum absolute atomic E-state index is 12.4. The first-order valence-corrected chi connectivity index (χ1v) is 10.6. The van der Waals surface area contributed by atoms with E-state index in [1.54, 1.807) is 26.2 Å². The van der Waals surface area contributed by atoms with Gasteiger partial charge in [-0.2, -0.15) is 0 Å². The van der Waals surface area contributed by atoms with Gasteiger partial charge < -0.3 is 0 Å². The molecule has 0 N–H and O–H groups in total. The Morgan fingerprint density at radius 1 is 1.12 bits per heavy atom. The van der Waals surface area contributed by atoms with Gasteiger partial charge in [-0.3, -0.25) is 4.90 Å². The maximum Gasteiger partial charge on any atom is 0.242 e. The normalized spacial score (nSPS) is 16.2. The third-order valence-electron chi connectivity index (χ3n) is 4.91. The van der Waals surface area contributed by atoms with Gasteiger partial charge in [0.05, 0.1) is 4.90 Å². The van der Waals surface area contributed by atoms with E-state index in [9.17, 15) is 8.42 Å². The lowest BCUT2D eigenvalue weighted by atomic mass is 10.1. The maximum atomic E-state index is 12.4. The molecule has 140 valence electrons. The molecule has 0 spiro atoms. The number of sulfonamides is 1. The van der Waals surface area contributed by atoms with Gasteiger partial charge >= 0.3 is 0 Å². The van der Waals surface area contributed by atoms with E-state index in [1.807, 2.05) is 24.3 Å². The largest absolute Gasteiger partial charge is 0.289 e. The zero-order valence-corrected chi connectivity index (χ0v) is 17.0. The number of benzene rings is 2. The molecule has 1 aliphatic rings. The molecule has 4 nitrogen and oxygen atoms in total. The summed E-state index contributed by atoms with van der Waals surface area (Å²) in [5.41, 5.74) is 2.24. The summed E-state index contributed by atoms with van der Waals surface area (Å²) in [6, 6.07) is 16.0. The highest BCUT2D eigenvalue weighted by Crippen LogP contribution is 2.36. The lowest BCUT2D eigenvalue weighted by Crippen LogP contribution is -2.29. The SMILES string of the molecule is CC(c1ccc(Cl)cc1)N(Cc1cccc(S(=O)(=O)N(C)C)c1)C1CC1. The molecule has 1 aliphatic carbocycles. The van der Waals surface area contributed by atoms with Gasteiger partial charge in [-0.1, -0.05) is 35.9 Å². The molecule has 2 aromatic rings. The van der Waals surface area contributed by atoms with Crippen LogP contribution in [0.25, 0.3) is 0 Å². The Bertz CT molecular complexity index is 862. The van der Waals surface area contributed by atoms with Gasteiger partial charge in [-0.15, -0.1) is 0 Å². The van der Waals surface area contributed by atoms with E-state index in [4.69, 9.17) is 11.6 Å². The van der Waals surface area contributed by atoms with Crippen molar-refractivity contribution in [3.63, 3.8) is 0 Å². The number of halogens is 1. The molecule has 2 aromatic carbocycles. The van der Waals surface area contributed by atoms with Crippen LogP contribution in [-0.2, 0) is 16.6 Å². The van der Waals surface area contributed by atoms with Crippen molar-refractivity contribution in [1.29, 1.82) is 0 Å². The second kappa shape index (κ2) is 7.69. The molecule has 26 heavy (non-hydrogen) atoms. The first kappa shape index (κ1) is 19.4. The monoisotopic (exact) mass is 392 g/mol. The third kappa shape index (κ3) is 4.29. The van der Waals surface area contributed by atoms with E-state index in [0.29, 0.717) is 10.9 Å². The molecule has 0 bridgehead atoms. The van der Waals surface area contributed by atoms with Gasteiger partial charge in [0, 0.05) is 37.7 Å². The summed E-state index contributed by atoms with van der Waals surface area (Å²) in [5, 5.41) is 0.737. The van der Waals surface area contributed by atoms with Crippen molar-refractivity contribution in [2.24, 2.45) is 0 Å². The molecule has 0 heterocycles. The second-order valence-corrected chi connectivity index (χ2v) is 9.65. The molecule has 0 amide bonds. The fourth-order valence-corrected chi connectivity index (χ4v) is 4.25. The van der Waals surface area contributed by atoms with E-state index in [1.165, 1.54) is 22.7 Å². The molecule has 1 unspecified atom stereocenters. The zero-order valence-electron chi connectivity index (χ0n) is 15.4. The summed E-state index contributed by atoms with van der Waals surface area (Å²) in [7, 11) is -0.304. The fourth-order valence-electron chi connectivity index (χ4n) is 3.15. The molecule has 0 aliphatic heterocycles. The minimum Gasteiger partial charge on any atom is -0.289 e. The molecule has 6 heteroatoms. The van der Waals surface area contributed by atoms with Crippen LogP contribution in [0.1, 0.15) is 36.9 Å². The van der Waals surface area contributed by atoms with Crippen LogP contribution in [0, 0.1) is 0 Å². The molecule has 0 saturated heterocycles. The second-order valence-electron chi connectivity index (χ2n) is 7.07. The van der Waals surface area contributed by atoms with Crippen molar-refractivity contribution < 1.29 is 8.42 Å². The van der Waals surface area contributed by atoms with Gasteiger partial charge in [0.1, 0.15) is 0 Å². The molecule has 0 aromatic heterocycles. The minimum atomic E-state index is -3.42. The van der Waals surface area contributed by atoms with Gasteiger partial charge in [0.25, 0.3) is 0 Å². The van der Waals surface area contributed by atoms with E-state index < -0.39 is 10.0 Å². The van der Waals surface area contributed by atoms with Crippen LogP contribution in [0.5, 0.6) is 0 Å². The highest BCUT2D eigenvalue weighted by molar-refractivity contribution is 7.89. The van der Waals surface area contributed by atoms with Crippen LogP contribution in [-0.4, -0.2) is 37.8 Å². The average Bonchev–Trinajstić information content (AvgIpc) is 3.45. The Labute approximate surface area is 161 Å². The molecule has 1 saturated carbocycles. The molecular weight excluding hydrogens is 368 g/mol. The van der Waals surface area contributed by atoms with Crippen molar-refractivity contribution in [2.75, 3.05) is 14.1 Å². The van der Waals surface area contributed by atoms with Crippen LogP contribution in [0.15, 0.2) is 53.4 Å². The lowest BCUT2D eigenvalue weighted by Gasteiger charge is -2.30. The highest BCUT2D eigenvalue weighted by atomic mass is 35.5. The molecular formula is C20H25ClN2O2S. The zero-order chi connectivity index (χ0) is 18.9. The van der Waals surface area contributed by atoms with Crippen LogP contribution < -0.4 is 0 Å². The predicted molar refractivity (Wildman–Crippen MR) is 106 cm³/mol. The van der Waals surface area contributed by atoms with Gasteiger partial charge in [0.2, 0.25) is 10.0 Å².